The van der Waals surface area contributed by atoms with Crippen LogP contribution in [-0.2, 0) is 9.47 Å². The monoisotopic (exact) mass is 488 g/mol. The number of hydrogen-bond acceptors (Lipinski definition) is 7. The molecule has 1 amide bonds. The maximum absolute atomic E-state index is 14.2. The van der Waals surface area contributed by atoms with Crippen LogP contribution in [0.3, 0.4) is 0 Å². The average Bonchev–Trinajstić information content (AvgIpc) is 3.53. The number of carbonyl (C=O) groups is 1. The molecule has 2 aliphatic heterocycles. The Morgan fingerprint density at radius 3 is 2.62 bits per heavy atom. The molecule has 2 atom stereocenters. The van der Waals surface area contributed by atoms with Gasteiger partial charge in [-0.15, -0.1) is 0 Å². The Kier molecular flexibility index (Phi) is 5.91. The Hall–Kier alpha value is -3.16. The van der Waals surface area contributed by atoms with Gasteiger partial charge in [0.15, 0.2) is 22.3 Å². The highest BCUT2D eigenvalue weighted by Crippen LogP contribution is 2.41. The van der Waals surface area contributed by atoms with E-state index in [9.17, 15) is 9.18 Å². The van der Waals surface area contributed by atoms with Crippen molar-refractivity contribution in [1.29, 1.82) is 0 Å². The molecule has 3 aliphatic rings. The third-order valence-corrected chi connectivity index (χ3v) is 6.60. The number of benzene rings is 1. The van der Waals surface area contributed by atoms with Gasteiger partial charge in [0.25, 0.3) is 0 Å². The minimum atomic E-state index is -0.711. The maximum Gasteiger partial charge on any atom is 0.410 e. The predicted molar refractivity (Wildman–Crippen MR) is 118 cm³/mol. The van der Waals surface area contributed by atoms with E-state index < -0.39 is 5.82 Å². The zero-order valence-corrected chi connectivity index (χ0v) is 19.1. The summed E-state index contributed by atoms with van der Waals surface area (Å²) in [6, 6.07) is 3.83. The fraction of sp³-hybridized carbons (Fsp3) is 0.478. The van der Waals surface area contributed by atoms with Gasteiger partial charge < -0.3 is 23.8 Å². The molecule has 2 saturated heterocycles. The van der Waals surface area contributed by atoms with Gasteiger partial charge >= 0.3 is 6.09 Å². The second kappa shape index (κ2) is 8.89. The normalized spacial score (nSPS) is 24.6. The molecule has 0 spiro atoms. The molecule has 3 fully saturated rings. The first kappa shape index (κ1) is 22.6. The highest BCUT2D eigenvalue weighted by atomic mass is 35.5. The smallest absolute Gasteiger partial charge is 0.410 e. The molecule has 2 bridgehead atoms. The van der Waals surface area contributed by atoms with E-state index in [-0.39, 0.29) is 57.9 Å². The number of ether oxygens (including phenoxy) is 4. The fourth-order valence-corrected chi connectivity index (χ4v) is 4.34. The second-order valence-electron chi connectivity index (χ2n) is 8.99. The van der Waals surface area contributed by atoms with Gasteiger partial charge in [-0.25, -0.2) is 19.0 Å². The summed E-state index contributed by atoms with van der Waals surface area (Å²) in [6.45, 7) is 10.6. The number of fused-ring (bicyclic) bond motifs is 2. The van der Waals surface area contributed by atoms with E-state index in [0.717, 1.165) is 18.9 Å². The van der Waals surface area contributed by atoms with Crippen molar-refractivity contribution in [3.05, 3.63) is 46.8 Å². The zero-order valence-electron chi connectivity index (χ0n) is 18.4. The van der Waals surface area contributed by atoms with E-state index in [0.29, 0.717) is 26.3 Å². The van der Waals surface area contributed by atoms with E-state index in [4.69, 9.17) is 37.1 Å². The van der Waals surface area contributed by atoms with Crippen LogP contribution in [0.15, 0.2) is 24.5 Å². The molecule has 3 heterocycles. The number of aromatic nitrogens is 2. The fourth-order valence-electron chi connectivity index (χ4n) is 4.16. The van der Waals surface area contributed by atoms with Crippen molar-refractivity contribution in [3.8, 4) is 17.5 Å². The minimum absolute atomic E-state index is 0.00125. The maximum atomic E-state index is 14.2. The van der Waals surface area contributed by atoms with Crippen molar-refractivity contribution >= 4 is 23.4 Å². The zero-order chi connectivity index (χ0) is 23.9. The summed E-state index contributed by atoms with van der Waals surface area (Å²) in [5.41, 5.74) is -0.186. The highest BCUT2D eigenvalue weighted by molar-refractivity contribution is 6.33. The van der Waals surface area contributed by atoms with Crippen molar-refractivity contribution in [1.82, 2.24) is 14.9 Å². The van der Waals surface area contributed by atoms with Gasteiger partial charge in [0, 0.05) is 24.9 Å². The topological polar surface area (TPSA) is 87.4 Å². The molecule has 1 saturated carbocycles. The molecule has 11 heteroatoms. The molecule has 9 nitrogen and oxygen atoms in total. The average molecular weight is 489 g/mol. The Labute approximate surface area is 200 Å². The molecule has 178 valence electrons. The van der Waals surface area contributed by atoms with E-state index in [1.807, 2.05) is 6.92 Å². The standard InChI is InChI=1S/C23H22ClFN4O5/c1-23(5-6-23)34-22(30)29-8-13-10-31-11-14(9-29)19(13)33-21-18(24)20(27-12-28-21)32-17-4-3-15(26-2)7-16(17)25/h3-4,7,12-14,19H,5-6,8-11H2,1H3. The van der Waals surface area contributed by atoms with Gasteiger partial charge in [-0.3, -0.25) is 0 Å². The summed E-state index contributed by atoms with van der Waals surface area (Å²) >= 11 is 6.44. The number of piperidine rings is 1. The Balaban J connectivity index is 1.30. The van der Waals surface area contributed by atoms with Gasteiger partial charge in [0.05, 0.1) is 19.8 Å². The van der Waals surface area contributed by atoms with E-state index >= 15 is 0 Å². The SMILES string of the molecule is [C-]#[N+]c1ccc(Oc2ncnc(OC3C4COCC3CN(C(=O)OC3(C)CC3)C4)c2Cl)c(F)c1. The lowest BCUT2D eigenvalue weighted by atomic mass is 9.84. The molecular weight excluding hydrogens is 467 g/mol. The number of halogens is 2. The third-order valence-electron chi connectivity index (χ3n) is 6.27. The van der Waals surface area contributed by atoms with Gasteiger partial charge in [0.1, 0.15) is 18.0 Å². The van der Waals surface area contributed by atoms with Gasteiger partial charge in [-0.2, -0.15) is 4.98 Å². The first-order valence-electron chi connectivity index (χ1n) is 10.9. The van der Waals surface area contributed by atoms with E-state index in [1.165, 1.54) is 18.5 Å². The lowest BCUT2D eigenvalue weighted by Gasteiger charge is -2.46. The Morgan fingerprint density at radius 1 is 1.26 bits per heavy atom. The number of carbonyl (C=O) groups excluding carboxylic acids is 1. The number of nitrogens with zero attached hydrogens (tertiary/aromatic N) is 4. The van der Waals surface area contributed by atoms with Gasteiger partial charge in [-0.1, -0.05) is 17.7 Å². The molecule has 34 heavy (non-hydrogen) atoms. The lowest BCUT2D eigenvalue weighted by Crippen LogP contribution is -2.59. The Bertz CT molecular complexity index is 1140. The number of amides is 1. The molecule has 5 rings (SSSR count). The molecule has 2 unspecified atom stereocenters. The molecule has 0 radical (unpaired) electrons. The molecular formula is C23H22ClFN4O5. The van der Waals surface area contributed by atoms with Gasteiger partial charge in [0.2, 0.25) is 11.8 Å². The quantitative estimate of drug-likeness (QED) is 0.567. The summed E-state index contributed by atoms with van der Waals surface area (Å²) in [6.07, 6.45) is 2.40. The summed E-state index contributed by atoms with van der Waals surface area (Å²) in [4.78, 5) is 25.6. The van der Waals surface area contributed by atoms with Crippen molar-refractivity contribution in [2.45, 2.75) is 31.5 Å². The van der Waals surface area contributed by atoms with Crippen LogP contribution in [0, 0.1) is 24.2 Å². The molecule has 1 aromatic carbocycles. The van der Waals surface area contributed by atoms with Crippen LogP contribution < -0.4 is 9.47 Å². The van der Waals surface area contributed by atoms with Crippen LogP contribution >= 0.6 is 11.6 Å². The van der Waals surface area contributed by atoms with Crippen molar-refractivity contribution in [3.63, 3.8) is 0 Å². The summed E-state index contributed by atoms with van der Waals surface area (Å²) in [7, 11) is 0. The van der Waals surface area contributed by atoms with Crippen LogP contribution in [0.1, 0.15) is 19.8 Å². The minimum Gasteiger partial charge on any atom is -0.472 e. The van der Waals surface area contributed by atoms with Crippen LogP contribution in [0.4, 0.5) is 14.9 Å². The highest BCUT2D eigenvalue weighted by Gasteiger charge is 2.47. The second-order valence-corrected chi connectivity index (χ2v) is 9.37. The lowest BCUT2D eigenvalue weighted by molar-refractivity contribution is -0.111. The number of hydrogen-bond donors (Lipinski definition) is 0. The van der Waals surface area contributed by atoms with Crippen LogP contribution in [0.5, 0.6) is 17.5 Å². The largest absolute Gasteiger partial charge is 0.472 e. The summed E-state index contributed by atoms with van der Waals surface area (Å²) in [5.74, 6) is -0.992. The van der Waals surface area contributed by atoms with E-state index in [1.54, 1.807) is 4.90 Å². The first-order chi connectivity index (χ1) is 16.3. The molecule has 1 aromatic heterocycles. The van der Waals surface area contributed by atoms with Gasteiger partial charge in [-0.05, 0) is 31.9 Å². The third kappa shape index (κ3) is 4.58. The summed E-state index contributed by atoms with van der Waals surface area (Å²) < 4.78 is 37.3. The molecule has 2 aromatic rings. The van der Waals surface area contributed by atoms with Crippen molar-refractivity contribution < 1.29 is 28.1 Å². The van der Waals surface area contributed by atoms with Crippen LogP contribution in [0.25, 0.3) is 4.85 Å². The molecule has 1 aliphatic carbocycles. The molecule has 0 N–H and O–H groups in total. The van der Waals surface area contributed by atoms with Crippen LogP contribution in [0.2, 0.25) is 5.02 Å². The van der Waals surface area contributed by atoms with Crippen molar-refractivity contribution in [2.75, 3.05) is 26.3 Å². The van der Waals surface area contributed by atoms with E-state index in [2.05, 4.69) is 14.8 Å². The summed E-state index contributed by atoms with van der Waals surface area (Å²) in [5, 5.41) is -0.00125. The van der Waals surface area contributed by atoms with Crippen molar-refractivity contribution in [2.24, 2.45) is 11.8 Å². The van der Waals surface area contributed by atoms with Crippen LogP contribution in [-0.4, -0.2) is 59.0 Å². The Morgan fingerprint density at radius 2 is 1.97 bits per heavy atom. The number of rotatable bonds is 5. The predicted octanol–water partition coefficient (Wildman–Crippen LogP) is 4.63. The first-order valence-corrected chi connectivity index (χ1v) is 11.3. The number of likely N-dealkylation sites (tertiary alicyclic amines) is 1.